The van der Waals surface area contributed by atoms with E-state index in [1.807, 2.05) is 24.3 Å². The second kappa shape index (κ2) is 6.22. The lowest BCUT2D eigenvalue weighted by molar-refractivity contribution is 0.0697. The van der Waals surface area contributed by atoms with Crippen LogP contribution in [0.2, 0.25) is 0 Å². The molecule has 2 nitrogen and oxygen atoms in total. The predicted octanol–water partition coefficient (Wildman–Crippen LogP) is 3.04. The van der Waals surface area contributed by atoms with Gasteiger partial charge in [-0.2, -0.15) is 0 Å². The lowest BCUT2D eigenvalue weighted by atomic mass is 9.83. The molecule has 0 aliphatic heterocycles. The minimum absolute atomic E-state index is 0.195. The summed E-state index contributed by atoms with van der Waals surface area (Å²) >= 11 is 0. The molecule has 0 unspecified atom stereocenters. The van der Waals surface area contributed by atoms with Crippen molar-refractivity contribution in [3.8, 4) is 0 Å². The predicted molar refractivity (Wildman–Crippen MR) is 96.1 cm³/mol. The van der Waals surface area contributed by atoms with Gasteiger partial charge >= 0.3 is 5.97 Å². The SMILES string of the molecule is O=C(O)c1ccc(C([SiH3])(c2ccccc2)c2ccccc2)cc1. The van der Waals surface area contributed by atoms with E-state index in [1.54, 1.807) is 12.1 Å². The molecule has 0 atom stereocenters. The molecule has 0 aliphatic rings. The fourth-order valence-corrected chi connectivity index (χ4v) is 3.99. The van der Waals surface area contributed by atoms with Gasteiger partial charge < -0.3 is 5.11 Å². The molecule has 0 heterocycles. The molecule has 0 amide bonds. The summed E-state index contributed by atoms with van der Waals surface area (Å²) in [5.74, 6) is -0.894. The molecule has 3 rings (SSSR count). The summed E-state index contributed by atoms with van der Waals surface area (Å²) in [6, 6.07) is 28.1. The maximum absolute atomic E-state index is 11.1. The number of rotatable bonds is 4. The van der Waals surface area contributed by atoms with Gasteiger partial charge in [-0.3, -0.25) is 0 Å². The number of aromatic carboxylic acids is 1. The lowest BCUT2D eigenvalue weighted by Crippen LogP contribution is -2.29. The van der Waals surface area contributed by atoms with Crippen molar-refractivity contribution < 1.29 is 9.90 Å². The standard InChI is InChI=1S/C20H18O2Si/c21-19(22)15-11-13-18(14-12-15)20(23,16-7-3-1-4-8-16)17-9-5-2-6-10-17/h1-14H,23H3,(H,21,22). The number of carbonyl (C=O) groups is 1. The van der Waals surface area contributed by atoms with Gasteiger partial charge in [0.2, 0.25) is 0 Å². The number of carboxylic acid groups (broad SMARTS) is 1. The maximum Gasteiger partial charge on any atom is 0.335 e. The molecule has 23 heavy (non-hydrogen) atoms. The fraction of sp³-hybridized carbons (Fsp3) is 0.0500. The van der Waals surface area contributed by atoms with Crippen LogP contribution in [0.25, 0.3) is 0 Å². The third-order valence-electron chi connectivity index (χ3n) is 4.41. The topological polar surface area (TPSA) is 37.3 Å². The number of hydrogen-bond acceptors (Lipinski definition) is 1. The van der Waals surface area contributed by atoms with E-state index in [-0.39, 0.29) is 5.04 Å². The largest absolute Gasteiger partial charge is 0.478 e. The van der Waals surface area contributed by atoms with Crippen molar-refractivity contribution in [1.29, 1.82) is 0 Å². The summed E-state index contributed by atoms with van der Waals surface area (Å²) < 4.78 is 0. The van der Waals surface area contributed by atoms with Gasteiger partial charge in [-0.05, 0) is 28.8 Å². The van der Waals surface area contributed by atoms with Gasteiger partial charge in [0.25, 0.3) is 0 Å². The normalized spacial score (nSPS) is 11.3. The Morgan fingerprint density at radius 3 is 1.48 bits per heavy atom. The lowest BCUT2D eigenvalue weighted by Gasteiger charge is -2.32. The Balaban J connectivity index is 2.18. The Kier molecular flexibility index (Phi) is 4.13. The van der Waals surface area contributed by atoms with Crippen LogP contribution in [0.4, 0.5) is 0 Å². The number of hydrogen-bond donors (Lipinski definition) is 1. The molecule has 1 N–H and O–H groups in total. The van der Waals surface area contributed by atoms with Crippen LogP contribution in [0.1, 0.15) is 27.0 Å². The molecule has 3 aromatic carbocycles. The Labute approximate surface area is 138 Å². The third-order valence-corrected chi connectivity index (χ3v) is 6.14. The quantitative estimate of drug-likeness (QED) is 0.593. The summed E-state index contributed by atoms with van der Waals surface area (Å²) in [6.07, 6.45) is 0. The first-order valence-corrected chi connectivity index (χ1v) is 8.57. The van der Waals surface area contributed by atoms with Crippen molar-refractivity contribution in [2.45, 2.75) is 5.04 Å². The minimum Gasteiger partial charge on any atom is -0.478 e. The zero-order valence-electron chi connectivity index (χ0n) is 12.9. The van der Waals surface area contributed by atoms with E-state index in [9.17, 15) is 4.79 Å². The summed E-state index contributed by atoms with van der Waals surface area (Å²) in [6.45, 7) is 0. The van der Waals surface area contributed by atoms with Crippen molar-refractivity contribution >= 4 is 16.2 Å². The fourth-order valence-electron chi connectivity index (χ4n) is 2.99. The molecule has 3 aromatic rings. The molecule has 0 bridgehead atoms. The van der Waals surface area contributed by atoms with Crippen LogP contribution >= 0.6 is 0 Å². The Morgan fingerprint density at radius 1 is 0.696 bits per heavy atom. The van der Waals surface area contributed by atoms with Crippen molar-refractivity contribution in [1.82, 2.24) is 0 Å². The van der Waals surface area contributed by atoms with Crippen molar-refractivity contribution in [3.63, 3.8) is 0 Å². The van der Waals surface area contributed by atoms with Crippen LogP contribution in [-0.4, -0.2) is 21.3 Å². The van der Waals surface area contributed by atoms with Crippen molar-refractivity contribution in [2.75, 3.05) is 0 Å². The third kappa shape index (κ3) is 2.83. The van der Waals surface area contributed by atoms with Gasteiger partial charge in [0.05, 0.1) is 5.56 Å². The van der Waals surface area contributed by atoms with Crippen LogP contribution in [0.3, 0.4) is 0 Å². The van der Waals surface area contributed by atoms with Crippen molar-refractivity contribution in [3.05, 3.63) is 107 Å². The molecule has 3 heteroatoms. The van der Waals surface area contributed by atoms with Gasteiger partial charge in [-0.15, -0.1) is 0 Å². The Morgan fingerprint density at radius 2 is 1.09 bits per heavy atom. The van der Waals surface area contributed by atoms with Crippen LogP contribution in [0.15, 0.2) is 84.9 Å². The molecule has 0 fully saturated rings. The first-order chi connectivity index (χ1) is 11.1. The van der Waals surface area contributed by atoms with Gasteiger partial charge in [0, 0.05) is 15.3 Å². The van der Waals surface area contributed by atoms with Gasteiger partial charge in [-0.25, -0.2) is 4.79 Å². The van der Waals surface area contributed by atoms with Gasteiger partial charge in [0.1, 0.15) is 0 Å². The molecule has 0 saturated carbocycles. The average molecular weight is 318 g/mol. The minimum atomic E-state index is -0.894. The van der Waals surface area contributed by atoms with Crippen LogP contribution in [0.5, 0.6) is 0 Å². The van der Waals surface area contributed by atoms with E-state index in [4.69, 9.17) is 5.11 Å². The Bertz CT molecular complexity index is 757. The maximum atomic E-state index is 11.1. The highest BCUT2D eigenvalue weighted by molar-refractivity contribution is 6.20. The molecule has 0 aliphatic carbocycles. The van der Waals surface area contributed by atoms with Crippen LogP contribution < -0.4 is 0 Å². The molecular weight excluding hydrogens is 300 g/mol. The van der Waals surface area contributed by atoms with E-state index >= 15 is 0 Å². The van der Waals surface area contributed by atoms with E-state index in [0.29, 0.717) is 5.56 Å². The molecule has 0 aromatic heterocycles. The van der Waals surface area contributed by atoms with Gasteiger partial charge in [0.15, 0.2) is 0 Å². The monoisotopic (exact) mass is 318 g/mol. The summed E-state index contributed by atoms with van der Waals surface area (Å²) in [7, 11) is 0.878. The molecular formula is C20H18O2Si. The highest BCUT2D eigenvalue weighted by atomic mass is 28.1. The highest BCUT2D eigenvalue weighted by Crippen LogP contribution is 2.36. The summed E-state index contributed by atoms with van der Waals surface area (Å²) in [5.41, 5.74) is 3.92. The zero-order chi connectivity index (χ0) is 16.3. The van der Waals surface area contributed by atoms with E-state index in [2.05, 4.69) is 48.5 Å². The highest BCUT2D eigenvalue weighted by Gasteiger charge is 2.30. The molecule has 0 spiro atoms. The summed E-state index contributed by atoms with van der Waals surface area (Å²) in [5, 5.41) is 8.93. The molecule has 114 valence electrons. The van der Waals surface area contributed by atoms with Crippen LogP contribution in [0, 0.1) is 0 Å². The second-order valence-corrected chi connectivity index (χ2v) is 7.24. The van der Waals surface area contributed by atoms with Gasteiger partial charge in [-0.1, -0.05) is 72.8 Å². The summed E-state index contributed by atoms with van der Waals surface area (Å²) in [4.78, 5) is 11.1. The first kappa shape index (κ1) is 15.3. The van der Waals surface area contributed by atoms with Crippen molar-refractivity contribution in [2.24, 2.45) is 0 Å². The van der Waals surface area contributed by atoms with E-state index < -0.39 is 5.97 Å². The van der Waals surface area contributed by atoms with Crippen LogP contribution in [-0.2, 0) is 5.04 Å². The number of carboxylic acids is 1. The second-order valence-electron chi connectivity index (χ2n) is 5.74. The average Bonchev–Trinajstić information content (AvgIpc) is 2.62. The first-order valence-electron chi connectivity index (χ1n) is 7.57. The van der Waals surface area contributed by atoms with E-state index in [1.165, 1.54) is 11.1 Å². The zero-order valence-corrected chi connectivity index (χ0v) is 14.9. The number of benzene rings is 3. The smallest absolute Gasteiger partial charge is 0.335 e. The molecule has 0 saturated heterocycles. The molecule has 0 radical (unpaired) electrons. The van der Waals surface area contributed by atoms with E-state index in [0.717, 1.165) is 15.8 Å². The Hall–Kier alpha value is -2.65.